The van der Waals surface area contributed by atoms with Crippen molar-refractivity contribution in [2.24, 2.45) is 0 Å². The highest BCUT2D eigenvalue weighted by Crippen LogP contribution is 2.40. The number of benzene rings is 2. The quantitative estimate of drug-likeness (QED) is 0.562. The van der Waals surface area contributed by atoms with Gasteiger partial charge in [0, 0.05) is 29.7 Å². The van der Waals surface area contributed by atoms with Gasteiger partial charge in [-0.15, -0.1) is 0 Å². The number of piperidine rings is 1. The first-order valence-corrected chi connectivity index (χ1v) is 10.5. The number of rotatable bonds is 5. The van der Waals surface area contributed by atoms with Crippen molar-refractivity contribution in [3.8, 4) is 0 Å². The Labute approximate surface area is 167 Å². The van der Waals surface area contributed by atoms with E-state index >= 15 is 0 Å². The minimum absolute atomic E-state index is 0.171. The van der Waals surface area contributed by atoms with Crippen molar-refractivity contribution in [2.45, 2.75) is 23.3 Å². The van der Waals surface area contributed by atoms with Gasteiger partial charge in [-0.2, -0.15) is 0 Å². The van der Waals surface area contributed by atoms with Crippen LogP contribution in [0.1, 0.15) is 18.4 Å². The fourth-order valence-electron chi connectivity index (χ4n) is 3.43. The van der Waals surface area contributed by atoms with Gasteiger partial charge in [0.05, 0.1) is 15.4 Å². The summed E-state index contributed by atoms with van der Waals surface area (Å²) in [4.78, 5) is 12.5. The largest absolute Gasteiger partial charge is 0.385 e. The first-order chi connectivity index (χ1) is 13.2. The Bertz CT molecular complexity index is 1000. The smallest absolute Gasteiger partial charge is 0.293 e. The molecule has 0 saturated carbocycles. The molecule has 1 heterocycles. The van der Waals surface area contributed by atoms with E-state index in [1.165, 1.54) is 19.2 Å². The summed E-state index contributed by atoms with van der Waals surface area (Å²) in [6.45, 7) is 0.724. The van der Waals surface area contributed by atoms with Crippen LogP contribution in [0.25, 0.3) is 0 Å². The van der Waals surface area contributed by atoms with Crippen molar-refractivity contribution in [3.63, 3.8) is 0 Å². The van der Waals surface area contributed by atoms with Crippen LogP contribution in [0, 0.1) is 10.1 Å². The molecule has 10 heteroatoms. The molecule has 0 aromatic heterocycles. The lowest BCUT2D eigenvalue weighted by Crippen LogP contribution is -2.43. The fourth-order valence-corrected chi connectivity index (χ4v) is 4.49. The molecule has 0 amide bonds. The normalized spacial score (nSPS) is 16.8. The van der Waals surface area contributed by atoms with Crippen LogP contribution in [0.15, 0.2) is 47.4 Å². The number of nitro groups is 1. The van der Waals surface area contributed by atoms with E-state index < -0.39 is 20.5 Å². The Morgan fingerprint density at radius 1 is 1.21 bits per heavy atom. The van der Waals surface area contributed by atoms with Gasteiger partial charge in [-0.1, -0.05) is 29.8 Å². The maximum atomic E-state index is 11.9. The summed E-state index contributed by atoms with van der Waals surface area (Å²) in [6, 6.07) is 10.9. The van der Waals surface area contributed by atoms with Gasteiger partial charge in [0.15, 0.2) is 0 Å². The number of hydrogen-bond donors (Lipinski definition) is 2. The predicted octanol–water partition coefficient (Wildman–Crippen LogP) is 2.64. The van der Waals surface area contributed by atoms with Gasteiger partial charge >= 0.3 is 0 Å². The molecule has 1 fully saturated rings. The summed E-state index contributed by atoms with van der Waals surface area (Å²) in [7, 11) is -2.54. The molecule has 2 aromatic carbocycles. The SMILES string of the molecule is CNS(=O)(=O)c1ccc(N2CCC(O)(c3ccccc3Cl)CC2)c([N+](=O)[O-])c1. The number of sulfonamides is 1. The highest BCUT2D eigenvalue weighted by Gasteiger charge is 2.37. The molecular weight excluding hydrogens is 406 g/mol. The second-order valence-electron chi connectivity index (χ2n) is 6.61. The average Bonchev–Trinajstić information content (AvgIpc) is 2.68. The van der Waals surface area contributed by atoms with Gasteiger partial charge in [0.25, 0.3) is 5.69 Å². The third-order valence-corrected chi connectivity index (χ3v) is 6.77. The van der Waals surface area contributed by atoms with Crippen molar-refractivity contribution >= 4 is 33.0 Å². The van der Waals surface area contributed by atoms with Crippen molar-refractivity contribution in [1.82, 2.24) is 4.72 Å². The van der Waals surface area contributed by atoms with Gasteiger partial charge in [-0.05, 0) is 38.1 Å². The molecule has 0 atom stereocenters. The summed E-state index contributed by atoms with van der Waals surface area (Å²) in [6.07, 6.45) is 0.676. The summed E-state index contributed by atoms with van der Waals surface area (Å²) < 4.78 is 26.0. The third-order valence-electron chi connectivity index (χ3n) is 5.03. The molecule has 2 aromatic rings. The van der Waals surface area contributed by atoms with Crippen molar-refractivity contribution in [1.29, 1.82) is 0 Å². The first kappa shape index (κ1) is 20.5. The van der Waals surface area contributed by atoms with E-state index in [0.717, 1.165) is 6.07 Å². The Kier molecular flexibility index (Phi) is 5.62. The number of anilines is 1. The lowest BCUT2D eigenvalue weighted by molar-refractivity contribution is -0.384. The van der Waals surface area contributed by atoms with E-state index in [-0.39, 0.29) is 10.6 Å². The van der Waals surface area contributed by atoms with Crippen LogP contribution >= 0.6 is 11.6 Å². The maximum absolute atomic E-state index is 11.9. The minimum atomic E-state index is -3.79. The number of hydrogen-bond acceptors (Lipinski definition) is 6. The minimum Gasteiger partial charge on any atom is -0.385 e. The number of nitrogens with zero attached hydrogens (tertiary/aromatic N) is 2. The van der Waals surface area contributed by atoms with E-state index in [2.05, 4.69) is 4.72 Å². The Balaban J connectivity index is 1.88. The second-order valence-corrected chi connectivity index (χ2v) is 8.91. The van der Waals surface area contributed by atoms with E-state index in [9.17, 15) is 23.6 Å². The lowest BCUT2D eigenvalue weighted by Gasteiger charge is -2.39. The van der Waals surface area contributed by atoms with Crippen molar-refractivity contribution in [2.75, 3.05) is 25.0 Å². The number of nitro benzene ring substituents is 1. The summed E-state index contributed by atoms with van der Waals surface area (Å²) >= 11 is 6.22. The molecule has 0 aliphatic carbocycles. The van der Waals surface area contributed by atoms with E-state index in [1.807, 2.05) is 0 Å². The predicted molar refractivity (Wildman–Crippen MR) is 106 cm³/mol. The van der Waals surface area contributed by atoms with Crippen molar-refractivity contribution < 1.29 is 18.4 Å². The van der Waals surface area contributed by atoms with Crippen LogP contribution in [0.5, 0.6) is 0 Å². The second kappa shape index (κ2) is 7.67. The molecule has 1 saturated heterocycles. The fraction of sp³-hybridized carbons (Fsp3) is 0.333. The van der Waals surface area contributed by atoms with Gasteiger partial charge in [0.2, 0.25) is 10.0 Å². The van der Waals surface area contributed by atoms with E-state index in [1.54, 1.807) is 29.2 Å². The molecule has 28 heavy (non-hydrogen) atoms. The van der Waals surface area contributed by atoms with E-state index in [4.69, 9.17) is 11.6 Å². The molecule has 1 aliphatic rings. The summed E-state index contributed by atoms with van der Waals surface area (Å²) in [5, 5.41) is 23.0. The Morgan fingerprint density at radius 2 is 1.86 bits per heavy atom. The van der Waals surface area contributed by atoms with Gasteiger partial charge in [0.1, 0.15) is 5.69 Å². The van der Waals surface area contributed by atoms with Gasteiger partial charge in [-0.25, -0.2) is 13.1 Å². The van der Waals surface area contributed by atoms with E-state index in [0.29, 0.717) is 42.2 Å². The molecule has 0 spiro atoms. The Morgan fingerprint density at radius 3 is 2.43 bits per heavy atom. The molecule has 0 bridgehead atoms. The first-order valence-electron chi connectivity index (χ1n) is 8.62. The van der Waals surface area contributed by atoms with Crippen LogP contribution in [0.4, 0.5) is 11.4 Å². The zero-order chi connectivity index (χ0) is 20.5. The maximum Gasteiger partial charge on any atom is 0.293 e. The van der Waals surface area contributed by atoms with Crippen LogP contribution in [-0.4, -0.2) is 38.6 Å². The average molecular weight is 426 g/mol. The lowest BCUT2D eigenvalue weighted by atomic mass is 9.84. The monoisotopic (exact) mass is 425 g/mol. The molecule has 1 aliphatic heterocycles. The van der Waals surface area contributed by atoms with Crippen LogP contribution in [-0.2, 0) is 15.6 Å². The van der Waals surface area contributed by atoms with Gasteiger partial charge in [-0.3, -0.25) is 10.1 Å². The van der Waals surface area contributed by atoms with Crippen LogP contribution in [0.3, 0.4) is 0 Å². The number of aliphatic hydroxyl groups is 1. The number of halogens is 1. The topological polar surface area (TPSA) is 113 Å². The molecule has 0 radical (unpaired) electrons. The highest BCUT2D eigenvalue weighted by atomic mass is 35.5. The molecule has 0 unspecified atom stereocenters. The zero-order valence-electron chi connectivity index (χ0n) is 15.1. The molecule has 8 nitrogen and oxygen atoms in total. The van der Waals surface area contributed by atoms with Crippen molar-refractivity contribution in [3.05, 3.63) is 63.2 Å². The molecule has 3 rings (SSSR count). The third kappa shape index (κ3) is 3.83. The summed E-state index contributed by atoms with van der Waals surface area (Å²) in [5.74, 6) is 0. The summed E-state index contributed by atoms with van der Waals surface area (Å²) in [5.41, 5.74) is -0.444. The molecule has 2 N–H and O–H groups in total. The number of nitrogens with one attached hydrogen (secondary N) is 1. The highest BCUT2D eigenvalue weighted by molar-refractivity contribution is 7.89. The van der Waals surface area contributed by atoms with Crippen LogP contribution < -0.4 is 9.62 Å². The van der Waals surface area contributed by atoms with Gasteiger partial charge < -0.3 is 10.0 Å². The molecular formula is C18H20ClN3O5S. The zero-order valence-corrected chi connectivity index (χ0v) is 16.7. The Hall–Kier alpha value is -2.20. The van der Waals surface area contributed by atoms with Crippen LogP contribution in [0.2, 0.25) is 5.02 Å². The standard InChI is InChI=1S/C18H20ClN3O5S/c1-20-28(26,27)13-6-7-16(17(12-13)22(24)25)21-10-8-18(23,9-11-21)14-4-2-3-5-15(14)19/h2-7,12,20,23H,8-11H2,1H3. The molecule has 150 valence electrons.